The molecule has 0 saturated carbocycles. The Balaban J connectivity index is 1.51. The van der Waals surface area contributed by atoms with Crippen LogP contribution in [-0.2, 0) is 25.9 Å². The molecule has 0 spiro atoms. The summed E-state index contributed by atoms with van der Waals surface area (Å²) in [5, 5.41) is 14.2. The molecule has 0 radical (unpaired) electrons. The first-order valence-electron chi connectivity index (χ1n) is 13.9. The number of aliphatic hydroxyl groups excluding tert-OH is 1. The highest BCUT2D eigenvalue weighted by Gasteiger charge is 2.33. The van der Waals surface area contributed by atoms with Crippen LogP contribution in [0.25, 0.3) is 22.4 Å². The van der Waals surface area contributed by atoms with Crippen LogP contribution in [0, 0.1) is 12.8 Å². The van der Waals surface area contributed by atoms with Crippen LogP contribution in [-0.4, -0.2) is 52.3 Å². The third-order valence-corrected chi connectivity index (χ3v) is 8.83. The Kier molecular flexibility index (Phi) is 7.07. The predicted octanol–water partition coefficient (Wildman–Crippen LogP) is 4.68. The number of nitrogens with zero attached hydrogens (tertiary/aromatic N) is 6. The van der Waals surface area contributed by atoms with Crippen molar-refractivity contribution in [3.63, 3.8) is 0 Å². The lowest BCUT2D eigenvalue weighted by atomic mass is 9.97. The van der Waals surface area contributed by atoms with E-state index in [2.05, 4.69) is 34.8 Å². The minimum absolute atomic E-state index is 0.0195. The summed E-state index contributed by atoms with van der Waals surface area (Å²) in [4.78, 5) is 34.4. The molecule has 1 N–H and O–H groups in total. The first-order valence-corrected chi connectivity index (χ1v) is 14.7. The van der Waals surface area contributed by atoms with Crippen molar-refractivity contribution >= 4 is 38.5 Å². The summed E-state index contributed by atoms with van der Waals surface area (Å²) in [5.41, 5.74) is 7.01. The highest BCUT2D eigenvalue weighted by atomic mass is 79.9. The van der Waals surface area contributed by atoms with Crippen molar-refractivity contribution < 1.29 is 9.90 Å². The number of benzene rings is 2. The summed E-state index contributed by atoms with van der Waals surface area (Å²) < 4.78 is 6.48. The van der Waals surface area contributed by atoms with Crippen LogP contribution in [0.15, 0.2) is 58.2 Å². The van der Waals surface area contributed by atoms with E-state index in [9.17, 15) is 14.7 Å². The fourth-order valence-corrected chi connectivity index (χ4v) is 6.15. The second-order valence-corrected chi connectivity index (χ2v) is 12.2. The molecule has 0 fully saturated rings. The van der Waals surface area contributed by atoms with E-state index in [1.807, 2.05) is 70.4 Å². The number of aromatic nitrogens is 5. The van der Waals surface area contributed by atoms with Crippen molar-refractivity contribution in [2.24, 2.45) is 5.92 Å². The van der Waals surface area contributed by atoms with Gasteiger partial charge in [-0.3, -0.25) is 14.2 Å². The molecule has 1 amide bonds. The normalized spacial score (nSPS) is 15.3. The molecule has 0 aliphatic carbocycles. The van der Waals surface area contributed by atoms with Gasteiger partial charge in [0.05, 0.1) is 48.1 Å². The Bertz CT molecular complexity index is 1870. The van der Waals surface area contributed by atoms with E-state index in [0.717, 1.165) is 44.4 Å². The molecule has 4 heterocycles. The zero-order valence-corrected chi connectivity index (χ0v) is 25.2. The number of halogens is 1. The number of rotatable bonds is 6. The molecule has 5 aromatic rings. The summed E-state index contributed by atoms with van der Waals surface area (Å²) in [7, 11) is 0. The van der Waals surface area contributed by atoms with Gasteiger partial charge >= 0.3 is 0 Å². The Hall–Kier alpha value is -3.76. The number of hydrogen-bond acceptors (Lipinski definition) is 5. The van der Waals surface area contributed by atoms with Gasteiger partial charge in [-0.15, -0.1) is 0 Å². The van der Waals surface area contributed by atoms with Gasteiger partial charge in [0.15, 0.2) is 0 Å². The first kappa shape index (κ1) is 27.4. The van der Waals surface area contributed by atoms with Crippen LogP contribution in [0.4, 0.5) is 0 Å². The van der Waals surface area contributed by atoms with E-state index in [1.165, 1.54) is 0 Å². The smallest absolute Gasteiger partial charge is 0.261 e. The fourth-order valence-electron chi connectivity index (χ4n) is 5.90. The average Bonchev–Trinajstić information content (AvgIpc) is 3.54. The minimum atomic E-state index is -0.167. The van der Waals surface area contributed by atoms with Gasteiger partial charge in [-0.2, -0.15) is 5.10 Å². The van der Waals surface area contributed by atoms with Gasteiger partial charge in [0.2, 0.25) is 0 Å². The molecule has 0 bridgehead atoms. The maximum atomic E-state index is 14.3. The zero-order chi connectivity index (χ0) is 29.0. The third kappa shape index (κ3) is 4.68. The van der Waals surface area contributed by atoms with E-state index in [1.54, 1.807) is 10.9 Å². The number of hydrogen-bond donors (Lipinski definition) is 1. The van der Waals surface area contributed by atoms with Crippen molar-refractivity contribution in [3.05, 3.63) is 91.7 Å². The summed E-state index contributed by atoms with van der Waals surface area (Å²) in [6.07, 6.45) is 4.74. The molecular formula is C31H33BrN6O3. The standard InChI is InChI=1S/C31H33BrN6O3/c1-18(2)11-22-15-34-38-28-16-36(30(40)21-5-7-25(32)19(3)12-21)20(4)13-24(28)31(41)37(29(22)38)23-6-8-27-26(14-23)33-17-35(27)9-10-39/h5-8,12,14-15,17-18,20,39H,9-11,13,16H2,1-4H3. The molecule has 6 rings (SSSR count). The van der Waals surface area contributed by atoms with Crippen LogP contribution in [0.2, 0.25) is 0 Å². The molecular weight excluding hydrogens is 584 g/mol. The van der Waals surface area contributed by atoms with Gasteiger partial charge in [0.1, 0.15) is 5.65 Å². The molecule has 1 unspecified atom stereocenters. The number of carbonyl (C=O) groups is 1. The topological polar surface area (TPSA) is 97.7 Å². The quantitative estimate of drug-likeness (QED) is 0.299. The van der Waals surface area contributed by atoms with Crippen molar-refractivity contribution in [3.8, 4) is 5.69 Å². The van der Waals surface area contributed by atoms with Gasteiger partial charge < -0.3 is 14.6 Å². The van der Waals surface area contributed by atoms with Crippen LogP contribution < -0.4 is 5.56 Å². The number of aryl methyl sites for hydroxylation is 1. The van der Waals surface area contributed by atoms with Gasteiger partial charge in [-0.25, -0.2) is 9.50 Å². The molecule has 3 aromatic heterocycles. The second-order valence-electron chi connectivity index (χ2n) is 11.4. The molecule has 1 atom stereocenters. The summed E-state index contributed by atoms with van der Waals surface area (Å²) in [5.74, 6) is 0.299. The van der Waals surface area contributed by atoms with E-state index in [0.29, 0.717) is 42.2 Å². The third-order valence-electron chi connectivity index (χ3n) is 7.94. The number of imidazole rings is 1. The van der Waals surface area contributed by atoms with Gasteiger partial charge in [-0.1, -0.05) is 29.8 Å². The molecule has 1 aliphatic rings. The molecule has 41 heavy (non-hydrogen) atoms. The minimum Gasteiger partial charge on any atom is -0.395 e. The molecule has 0 saturated heterocycles. The number of amides is 1. The lowest BCUT2D eigenvalue weighted by Gasteiger charge is -2.35. The van der Waals surface area contributed by atoms with E-state index >= 15 is 0 Å². The van der Waals surface area contributed by atoms with Gasteiger partial charge in [-0.05, 0) is 74.6 Å². The predicted molar refractivity (Wildman–Crippen MR) is 162 cm³/mol. The van der Waals surface area contributed by atoms with Crippen molar-refractivity contribution in [1.29, 1.82) is 0 Å². The Labute approximate surface area is 246 Å². The van der Waals surface area contributed by atoms with Gasteiger partial charge in [0.25, 0.3) is 11.5 Å². The Morgan fingerprint density at radius 2 is 2.00 bits per heavy atom. The lowest BCUT2D eigenvalue weighted by molar-refractivity contribution is 0.0651. The maximum absolute atomic E-state index is 14.3. The van der Waals surface area contributed by atoms with E-state index in [4.69, 9.17) is 5.10 Å². The second kappa shape index (κ2) is 10.6. The van der Waals surface area contributed by atoms with Crippen LogP contribution in [0.1, 0.15) is 53.5 Å². The number of carbonyl (C=O) groups excluding carboxylic acids is 1. The molecule has 9 nitrogen and oxygen atoms in total. The molecule has 1 aliphatic heterocycles. The molecule has 2 aromatic carbocycles. The summed E-state index contributed by atoms with van der Waals surface area (Å²) >= 11 is 3.52. The fraction of sp³-hybridized carbons (Fsp3) is 0.355. The summed E-state index contributed by atoms with van der Waals surface area (Å²) in [6.45, 7) is 9.02. The van der Waals surface area contributed by atoms with E-state index in [-0.39, 0.29) is 24.1 Å². The van der Waals surface area contributed by atoms with Crippen LogP contribution in [0.5, 0.6) is 0 Å². The highest BCUT2D eigenvalue weighted by Crippen LogP contribution is 2.29. The van der Waals surface area contributed by atoms with Crippen molar-refractivity contribution in [2.45, 2.75) is 59.7 Å². The SMILES string of the molecule is Cc1cc(C(=O)N2Cc3c(c(=O)n(-c4ccc5c(c4)ncn5CCO)c4c(CC(C)C)cnn34)CC2C)ccc1Br. The van der Waals surface area contributed by atoms with Gasteiger partial charge in [0, 0.05) is 33.7 Å². The van der Waals surface area contributed by atoms with Crippen LogP contribution >= 0.6 is 15.9 Å². The maximum Gasteiger partial charge on any atom is 0.261 e. The van der Waals surface area contributed by atoms with Crippen LogP contribution in [0.3, 0.4) is 0 Å². The van der Waals surface area contributed by atoms with Crippen molar-refractivity contribution in [2.75, 3.05) is 6.61 Å². The van der Waals surface area contributed by atoms with E-state index < -0.39 is 0 Å². The number of aliphatic hydroxyl groups is 1. The zero-order valence-electron chi connectivity index (χ0n) is 23.6. The molecule has 212 valence electrons. The van der Waals surface area contributed by atoms with Crippen molar-refractivity contribution in [1.82, 2.24) is 28.6 Å². The largest absolute Gasteiger partial charge is 0.395 e. The highest BCUT2D eigenvalue weighted by molar-refractivity contribution is 9.10. The Morgan fingerprint density at radius 3 is 2.73 bits per heavy atom. The monoisotopic (exact) mass is 616 g/mol. The lowest BCUT2D eigenvalue weighted by Crippen LogP contribution is -2.46. The number of fused-ring (bicyclic) bond motifs is 4. The Morgan fingerprint density at radius 1 is 1.20 bits per heavy atom. The summed E-state index contributed by atoms with van der Waals surface area (Å²) in [6, 6.07) is 11.3. The average molecular weight is 618 g/mol. The first-order chi connectivity index (χ1) is 19.7. The molecule has 10 heteroatoms.